The highest BCUT2D eigenvalue weighted by atomic mass is 16.1. The van der Waals surface area contributed by atoms with Crippen LogP contribution in [0.5, 0.6) is 0 Å². The van der Waals surface area contributed by atoms with Gasteiger partial charge in [0.2, 0.25) is 0 Å². The minimum atomic E-state index is -0.0525. The van der Waals surface area contributed by atoms with E-state index in [2.05, 4.69) is 15.1 Å². The molecule has 8 nitrogen and oxygen atoms in total. The van der Waals surface area contributed by atoms with Crippen LogP contribution in [0.15, 0.2) is 35.1 Å². The molecule has 0 spiro atoms. The van der Waals surface area contributed by atoms with Crippen molar-refractivity contribution in [3.05, 3.63) is 57.8 Å². The Morgan fingerprint density at radius 3 is 2.61 bits per heavy atom. The highest BCUT2D eigenvalue weighted by Crippen LogP contribution is 2.33. The van der Waals surface area contributed by atoms with Gasteiger partial charge < -0.3 is 5.73 Å². The Labute approximate surface area is 160 Å². The Morgan fingerprint density at radius 2 is 1.82 bits per heavy atom. The number of hydrogen-bond donors (Lipinski definition) is 1. The van der Waals surface area contributed by atoms with Crippen LogP contribution in [0.4, 0.5) is 5.82 Å². The summed E-state index contributed by atoms with van der Waals surface area (Å²) >= 11 is 0. The van der Waals surface area contributed by atoms with Crippen LogP contribution < -0.4 is 11.3 Å². The molecule has 140 valence electrons. The summed E-state index contributed by atoms with van der Waals surface area (Å²) in [7, 11) is 0. The van der Waals surface area contributed by atoms with Gasteiger partial charge >= 0.3 is 0 Å². The molecule has 3 aromatic heterocycles. The van der Waals surface area contributed by atoms with E-state index in [1.54, 1.807) is 15.3 Å². The van der Waals surface area contributed by atoms with Gasteiger partial charge in [-0.05, 0) is 44.9 Å². The van der Waals surface area contributed by atoms with Crippen molar-refractivity contribution < 1.29 is 0 Å². The van der Waals surface area contributed by atoms with E-state index in [9.17, 15) is 4.79 Å². The topological polar surface area (TPSA) is 105 Å². The molecule has 0 aliphatic carbocycles. The number of aryl methyl sites for hydroxylation is 3. The standard InChI is InChI=1S/C20H19N7O/c1-11-10-12(2)23-20(22-11)27-17(21)16-15(25-27)8-5-9-26-18(16)24-14-7-4-3-6-13(14)19(26)28/h3-4,6-7,10H,5,8-9,21H2,1-2H3. The first-order chi connectivity index (χ1) is 13.5. The molecular formula is C20H19N7O. The van der Waals surface area contributed by atoms with Crippen molar-refractivity contribution in [3.63, 3.8) is 0 Å². The summed E-state index contributed by atoms with van der Waals surface area (Å²) in [5.74, 6) is 1.39. The Bertz CT molecular complexity index is 1280. The monoisotopic (exact) mass is 373 g/mol. The van der Waals surface area contributed by atoms with Gasteiger partial charge in [0.05, 0.1) is 22.2 Å². The fourth-order valence-corrected chi connectivity index (χ4v) is 3.82. The average Bonchev–Trinajstić information content (AvgIpc) is 2.87. The lowest BCUT2D eigenvalue weighted by atomic mass is 10.1. The second-order valence-corrected chi connectivity index (χ2v) is 7.08. The third-order valence-corrected chi connectivity index (χ3v) is 5.03. The number of para-hydroxylation sites is 1. The van der Waals surface area contributed by atoms with E-state index in [1.807, 2.05) is 38.1 Å². The number of nitrogen functional groups attached to an aromatic ring is 1. The number of nitrogens with two attached hydrogens (primary N) is 1. The molecule has 28 heavy (non-hydrogen) atoms. The Morgan fingerprint density at radius 1 is 1.07 bits per heavy atom. The quantitative estimate of drug-likeness (QED) is 0.548. The molecule has 5 rings (SSSR count). The molecule has 4 aromatic rings. The lowest BCUT2D eigenvalue weighted by molar-refractivity contribution is 0.628. The fraction of sp³-hybridized carbons (Fsp3) is 0.250. The molecule has 2 N–H and O–H groups in total. The maximum absolute atomic E-state index is 13.0. The van der Waals surface area contributed by atoms with E-state index >= 15 is 0 Å². The van der Waals surface area contributed by atoms with E-state index < -0.39 is 0 Å². The van der Waals surface area contributed by atoms with Gasteiger partial charge in [0.25, 0.3) is 11.5 Å². The molecule has 1 aromatic carbocycles. The van der Waals surface area contributed by atoms with Gasteiger partial charge in [0.15, 0.2) is 0 Å². The average molecular weight is 373 g/mol. The van der Waals surface area contributed by atoms with Crippen LogP contribution in [0.2, 0.25) is 0 Å². The Hall–Kier alpha value is -3.55. The molecule has 0 unspecified atom stereocenters. The predicted molar refractivity (Wildman–Crippen MR) is 106 cm³/mol. The van der Waals surface area contributed by atoms with Gasteiger partial charge in [-0.3, -0.25) is 9.36 Å². The second kappa shape index (κ2) is 5.98. The van der Waals surface area contributed by atoms with Crippen LogP contribution in [-0.4, -0.2) is 29.3 Å². The molecule has 1 aliphatic heterocycles. The van der Waals surface area contributed by atoms with Gasteiger partial charge in [-0.2, -0.15) is 9.78 Å². The van der Waals surface area contributed by atoms with Crippen molar-refractivity contribution in [2.24, 2.45) is 0 Å². The molecule has 0 bridgehead atoms. The number of anilines is 1. The Kier molecular flexibility index (Phi) is 3.55. The summed E-state index contributed by atoms with van der Waals surface area (Å²) in [5, 5.41) is 5.29. The zero-order valence-corrected chi connectivity index (χ0v) is 15.7. The summed E-state index contributed by atoms with van der Waals surface area (Å²) in [4.78, 5) is 26.8. The van der Waals surface area contributed by atoms with Crippen LogP contribution in [-0.2, 0) is 13.0 Å². The van der Waals surface area contributed by atoms with Crippen LogP contribution in [0, 0.1) is 13.8 Å². The number of benzene rings is 1. The lowest BCUT2D eigenvalue weighted by Crippen LogP contribution is -2.23. The molecule has 0 saturated carbocycles. The normalized spacial score (nSPS) is 13.2. The van der Waals surface area contributed by atoms with E-state index in [4.69, 9.17) is 10.7 Å². The first-order valence-electron chi connectivity index (χ1n) is 9.23. The highest BCUT2D eigenvalue weighted by Gasteiger charge is 2.26. The summed E-state index contributed by atoms with van der Waals surface area (Å²) in [5.41, 5.74) is 10.3. The predicted octanol–water partition coefficient (Wildman–Crippen LogP) is 2.18. The number of hydrogen-bond acceptors (Lipinski definition) is 6. The summed E-state index contributed by atoms with van der Waals surface area (Å²) in [6, 6.07) is 9.27. The lowest BCUT2D eigenvalue weighted by Gasteiger charge is -2.11. The van der Waals surface area contributed by atoms with Gasteiger partial charge in [-0.15, -0.1) is 0 Å². The second-order valence-electron chi connectivity index (χ2n) is 7.08. The van der Waals surface area contributed by atoms with Gasteiger partial charge in [0, 0.05) is 17.9 Å². The van der Waals surface area contributed by atoms with Crippen molar-refractivity contribution in [3.8, 4) is 17.3 Å². The number of nitrogens with zero attached hydrogens (tertiary/aromatic N) is 6. The van der Waals surface area contributed by atoms with Crippen molar-refractivity contribution in [2.75, 3.05) is 5.73 Å². The maximum Gasteiger partial charge on any atom is 0.261 e. The minimum Gasteiger partial charge on any atom is -0.383 e. The van der Waals surface area contributed by atoms with E-state index in [-0.39, 0.29) is 5.56 Å². The van der Waals surface area contributed by atoms with Crippen molar-refractivity contribution in [1.29, 1.82) is 0 Å². The smallest absolute Gasteiger partial charge is 0.261 e. The van der Waals surface area contributed by atoms with Gasteiger partial charge in [0.1, 0.15) is 11.6 Å². The third-order valence-electron chi connectivity index (χ3n) is 5.03. The van der Waals surface area contributed by atoms with E-state index in [1.165, 1.54) is 0 Å². The number of rotatable bonds is 1. The van der Waals surface area contributed by atoms with Crippen LogP contribution in [0.25, 0.3) is 28.2 Å². The number of aromatic nitrogens is 6. The molecule has 0 atom stereocenters. The van der Waals surface area contributed by atoms with Gasteiger partial charge in [-0.1, -0.05) is 12.1 Å². The van der Waals surface area contributed by atoms with Crippen LogP contribution >= 0.6 is 0 Å². The molecule has 8 heteroatoms. The summed E-state index contributed by atoms with van der Waals surface area (Å²) in [6.45, 7) is 4.40. The zero-order valence-electron chi connectivity index (χ0n) is 15.7. The maximum atomic E-state index is 13.0. The molecular weight excluding hydrogens is 354 g/mol. The van der Waals surface area contributed by atoms with Crippen molar-refractivity contribution in [1.82, 2.24) is 29.3 Å². The first-order valence-corrected chi connectivity index (χ1v) is 9.23. The van der Waals surface area contributed by atoms with Gasteiger partial charge in [-0.25, -0.2) is 15.0 Å². The third kappa shape index (κ3) is 2.41. The van der Waals surface area contributed by atoms with Crippen LogP contribution in [0.3, 0.4) is 0 Å². The molecule has 0 amide bonds. The fourth-order valence-electron chi connectivity index (χ4n) is 3.82. The number of fused-ring (bicyclic) bond motifs is 4. The van der Waals surface area contributed by atoms with Crippen LogP contribution in [0.1, 0.15) is 23.5 Å². The molecule has 0 radical (unpaired) electrons. The molecule has 1 aliphatic rings. The van der Waals surface area contributed by atoms with E-state index in [0.29, 0.717) is 47.0 Å². The molecule has 4 heterocycles. The minimum absolute atomic E-state index is 0.0525. The van der Waals surface area contributed by atoms with Crippen molar-refractivity contribution in [2.45, 2.75) is 33.2 Å². The summed E-state index contributed by atoms with van der Waals surface area (Å²) < 4.78 is 3.26. The SMILES string of the molecule is Cc1cc(C)nc(-n2nc3c(c2N)-c2nc4ccccc4c(=O)n2CCC3)n1. The Balaban J connectivity index is 1.81. The molecule has 0 fully saturated rings. The van der Waals surface area contributed by atoms with Crippen molar-refractivity contribution >= 4 is 16.7 Å². The van der Waals surface area contributed by atoms with E-state index in [0.717, 1.165) is 23.5 Å². The summed E-state index contributed by atoms with van der Waals surface area (Å²) in [6.07, 6.45) is 1.49. The first kappa shape index (κ1) is 16.6. The zero-order chi connectivity index (χ0) is 19.4. The largest absolute Gasteiger partial charge is 0.383 e. The highest BCUT2D eigenvalue weighted by molar-refractivity contribution is 5.82. The molecule has 0 saturated heterocycles.